The van der Waals surface area contributed by atoms with Crippen molar-refractivity contribution >= 4 is 28.5 Å². The van der Waals surface area contributed by atoms with Gasteiger partial charge >= 0.3 is 0 Å². The Labute approximate surface area is 120 Å². The fourth-order valence-corrected chi connectivity index (χ4v) is 2.07. The van der Waals surface area contributed by atoms with Gasteiger partial charge in [-0.05, 0) is 36.4 Å². The molecular formula is C15H11ClN2O2. The summed E-state index contributed by atoms with van der Waals surface area (Å²) < 4.78 is 5.48. The summed E-state index contributed by atoms with van der Waals surface area (Å²) in [4.78, 5) is 16.1. The van der Waals surface area contributed by atoms with Crippen LogP contribution in [0.25, 0.3) is 11.0 Å². The SMILES string of the molecule is O=C(NCc1ccccn1)c1cc2cc(Cl)ccc2o1. The van der Waals surface area contributed by atoms with Gasteiger partial charge in [0.2, 0.25) is 0 Å². The molecule has 4 nitrogen and oxygen atoms in total. The van der Waals surface area contributed by atoms with Crippen molar-refractivity contribution in [1.29, 1.82) is 0 Å². The number of hydrogen-bond donors (Lipinski definition) is 1. The van der Waals surface area contributed by atoms with E-state index in [9.17, 15) is 4.79 Å². The fraction of sp³-hybridized carbons (Fsp3) is 0.0667. The molecule has 2 aromatic heterocycles. The van der Waals surface area contributed by atoms with Crippen molar-refractivity contribution in [2.45, 2.75) is 6.54 Å². The summed E-state index contributed by atoms with van der Waals surface area (Å²) in [7, 11) is 0. The zero-order valence-corrected chi connectivity index (χ0v) is 11.2. The maximum absolute atomic E-state index is 12.0. The topological polar surface area (TPSA) is 55.1 Å². The van der Waals surface area contributed by atoms with Crippen molar-refractivity contribution in [2.24, 2.45) is 0 Å². The number of rotatable bonds is 3. The number of nitrogens with zero attached hydrogens (tertiary/aromatic N) is 1. The number of nitrogens with one attached hydrogen (secondary N) is 1. The maximum Gasteiger partial charge on any atom is 0.287 e. The van der Waals surface area contributed by atoms with E-state index in [4.69, 9.17) is 16.0 Å². The second-order valence-electron chi connectivity index (χ2n) is 4.30. The summed E-state index contributed by atoms with van der Waals surface area (Å²) in [5.74, 6) is -0.0128. The predicted molar refractivity (Wildman–Crippen MR) is 76.6 cm³/mol. The molecule has 0 aliphatic carbocycles. The summed E-state index contributed by atoms with van der Waals surface area (Å²) in [5.41, 5.74) is 1.43. The Morgan fingerprint density at radius 3 is 2.95 bits per heavy atom. The Morgan fingerprint density at radius 1 is 1.25 bits per heavy atom. The Hall–Kier alpha value is -2.33. The number of amides is 1. The third kappa shape index (κ3) is 2.65. The molecule has 3 aromatic rings. The smallest absolute Gasteiger partial charge is 0.287 e. The number of fused-ring (bicyclic) bond motifs is 1. The third-order valence-electron chi connectivity index (χ3n) is 2.86. The first-order valence-corrected chi connectivity index (χ1v) is 6.47. The molecule has 1 aromatic carbocycles. The molecule has 3 rings (SSSR count). The zero-order valence-electron chi connectivity index (χ0n) is 10.5. The Bertz CT molecular complexity index is 753. The minimum absolute atomic E-state index is 0.262. The van der Waals surface area contributed by atoms with Gasteiger partial charge in [0.15, 0.2) is 5.76 Å². The molecule has 0 unspecified atom stereocenters. The lowest BCUT2D eigenvalue weighted by Gasteiger charge is -2.01. The first-order valence-electron chi connectivity index (χ1n) is 6.09. The molecular weight excluding hydrogens is 276 g/mol. The van der Waals surface area contributed by atoms with E-state index in [0.29, 0.717) is 17.2 Å². The highest BCUT2D eigenvalue weighted by molar-refractivity contribution is 6.31. The maximum atomic E-state index is 12.0. The van der Waals surface area contributed by atoms with Crippen molar-refractivity contribution in [2.75, 3.05) is 0 Å². The lowest BCUT2D eigenvalue weighted by Crippen LogP contribution is -2.22. The molecule has 5 heteroatoms. The van der Waals surface area contributed by atoms with Crippen molar-refractivity contribution in [3.8, 4) is 0 Å². The number of carbonyl (C=O) groups excluding carboxylic acids is 1. The van der Waals surface area contributed by atoms with Crippen molar-refractivity contribution in [3.05, 3.63) is 65.1 Å². The first-order chi connectivity index (χ1) is 9.72. The van der Waals surface area contributed by atoms with E-state index in [0.717, 1.165) is 11.1 Å². The van der Waals surface area contributed by atoms with E-state index in [1.807, 2.05) is 18.2 Å². The van der Waals surface area contributed by atoms with Crippen LogP contribution in [0.5, 0.6) is 0 Å². The van der Waals surface area contributed by atoms with Gasteiger partial charge in [-0.15, -0.1) is 0 Å². The van der Waals surface area contributed by atoms with Gasteiger partial charge < -0.3 is 9.73 Å². The monoisotopic (exact) mass is 286 g/mol. The number of carbonyl (C=O) groups is 1. The van der Waals surface area contributed by atoms with E-state index >= 15 is 0 Å². The second kappa shape index (κ2) is 5.35. The molecule has 1 N–H and O–H groups in total. The Balaban J connectivity index is 1.75. The van der Waals surface area contributed by atoms with Crippen LogP contribution in [0.4, 0.5) is 0 Å². The van der Waals surface area contributed by atoms with Crippen LogP contribution < -0.4 is 5.32 Å². The van der Waals surface area contributed by atoms with Gasteiger partial charge in [-0.3, -0.25) is 9.78 Å². The first kappa shape index (κ1) is 12.7. The molecule has 0 saturated carbocycles. The molecule has 0 atom stereocenters. The summed E-state index contributed by atoms with van der Waals surface area (Å²) in [6, 6.07) is 12.5. The number of benzene rings is 1. The lowest BCUT2D eigenvalue weighted by molar-refractivity contribution is 0.0925. The average Bonchev–Trinajstić information content (AvgIpc) is 2.89. The molecule has 100 valence electrons. The van der Waals surface area contributed by atoms with Gasteiger partial charge in [0.25, 0.3) is 5.91 Å². The molecule has 0 spiro atoms. The van der Waals surface area contributed by atoms with Crippen LogP contribution >= 0.6 is 11.6 Å². The molecule has 0 radical (unpaired) electrons. The Kier molecular flexibility index (Phi) is 3.39. The number of furan rings is 1. The molecule has 1 amide bonds. The minimum atomic E-state index is -0.275. The molecule has 0 bridgehead atoms. The van der Waals surface area contributed by atoms with E-state index in [1.165, 1.54) is 0 Å². The van der Waals surface area contributed by atoms with Crippen LogP contribution in [0.15, 0.2) is 53.1 Å². The van der Waals surface area contributed by atoms with Gasteiger partial charge in [0.1, 0.15) is 5.58 Å². The fourth-order valence-electron chi connectivity index (χ4n) is 1.89. The number of aromatic nitrogens is 1. The van der Waals surface area contributed by atoms with Gasteiger partial charge in [-0.1, -0.05) is 17.7 Å². The molecule has 0 fully saturated rings. The minimum Gasteiger partial charge on any atom is -0.451 e. The van der Waals surface area contributed by atoms with Crippen molar-refractivity contribution in [3.63, 3.8) is 0 Å². The summed E-state index contributed by atoms with van der Waals surface area (Å²) in [5, 5.41) is 4.18. The largest absolute Gasteiger partial charge is 0.451 e. The normalized spacial score (nSPS) is 10.7. The molecule has 0 aliphatic heterocycles. The van der Waals surface area contributed by atoms with Gasteiger partial charge in [-0.2, -0.15) is 0 Å². The second-order valence-corrected chi connectivity index (χ2v) is 4.73. The molecule has 20 heavy (non-hydrogen) atoms. The van der Waals surface area contributed by atoms with Crippen molar-refractivity contribution < 1.29 is 9.21 Å². The van der Waals surface area contributed by atoms with Crippen LogP contribution in [-0.4, -0.2) is 10.9 Å². The highest BCUT2D eigenvalue weighted by atomic mass is 35.5. The Morgan fingerprint density at radius 2 is 2.15 bits per heavy atom. The van der Waals surface area contributed by atoms with Crippen LogP contribution in [0.3, 0.4) is 0 Å². The number of halogens is 1. The highest BCUT2D eigenvalue weighted by Crippen LogP contribution is 2.22. The molecule has 0 aliphatic rings. The lowest BCUT2D eigenvalue weighted by atomic mass is 10.2. The standard InChI is InChI=1S/C15H11ClN2O2/c16-11-4-5-13-10(7-11)8-14(20-13)15(19)18-9-12-3-1-2-6-17-12/h1-8H,9H2,(H,18,19). The molecule has 2 heterocycles. The van der Waals surface area contributed by atoms with Crippen LogP contribution in [0.2, 0.25) is 5.02 Å². The zero-order chi connectivity index (χ0) is 13.9. The van der Waals surface area contributed by atoms with Crippen LogP contribution in [0.1, 0.15) is 16.2 Å². The van der Waals surface area contributed by atoms with E-state index in [1.54, 1.807) is 30.5 Å². The van der Waals surface area contributed by atoms with E-state index < -0.39 is 0 Å². The van der Waals surface area contributed by atoms with E-state index in [2.05, 4.69) is 10.3 Å². The average molecular weight is 287 g/mol. The van der Waals surface area contributed by atoms with Gasteiger partial charge in [0.05, 0.1) is 12.2 Å². The number of pyridine rings is 1. The van der Waals surface area contributed by atoms with Crippen LogP contribution in [0, 0.1) is 0 Å². The molecule has 0 saturated heterocycles. The summed E-state index contributed by atoms with van der Waals surface area (Å²) >= 11 is 5.90. The number of hydrogen-bond acceptors (Lipinski definition) is 3. The predicted octanol–water partition coefficient (Wildman–Crippen LogP) is 3.41. The quantitative estimate of drug-likeness (QED) is 0.803. The van der Waals surface area contributed by atoms with E-state index in [-0.39, 0.29) is 11.7 Å². The third-order valence-corrected chi connectivity index (χ3v) is 3.09. The highest BCUT2D eigenvalue weighted by Gasteiger charge is 2.12. The van der Waals surface area contributed by atoms with Crippen LogP contribution in [-0.2, 0) is 6.54 Å². The van der Waals surface area contributed by atoms with Gasteiger partial charge in [-0.25, -0.2) is 0 Å². The van der Waals surface area contributed by atoms with Gasteiger partial charge in [0, 0.05) is 16.6 Å². The summed E-state index contributed by atoms with van der Waals surface area (Å²) in [6.45, 7) is 0.359. The van der Waals surface area contributed by atoms with Crippen molar-refractivity contribution in [1.82, 2.24) is 10.3 Å². The summed E-state index contributed by atoms with van der Waals surface area (Å²) in [6.07, 6.45) is 1.69.